The largest absolute Gasteiger partial charge is 0.459 e. The maximum Gasteiger partial charge on any atom is 0.338 e. The van der Waals surface area contributed by atoms with E-state index in [-0.39, 0.29) is 39.7 Å². The van der Waals surface area contributed by atoms with Crippen LogP contribution >= 0.6 is 0 Å². The van der Waals surface area contributed by atoms with Crippen LogP contribution in [0.4, 0.5) is 5.69 Å². The molecule has 1 aromatic heterocycles. The van der Waals surface area contributed by atoms with Gasteiger partial charge in [0.25, 0.3) is 11.6 Å². The third kappa shape index (κ3) is 8.90. The van der Waals surface area contributed by atoms with Gasteiger partial charge in [-0.15, -0.1) is 0 Å². The summed E-state index contributed by atoms with van der Waals surface area (Å²) in [5.74, 6) is -3.62. The van der Waals surface area contributed by atoms with Gasteiger partial charge in [0.2, 0.25) is 5.82 Å². The van der Waals surface area contributed by atoms with E-state index in [1.54, 1.807) is 84.9 Å². The summed E-state index contributed by atoms with van der Waals surface area (Å²) in [7, 11) is 0. The van der Waals surface area contributed by atoms with Gasteiger partial charge in [-0.05, 0) is 60.7 Å². The molecule has 0 N–H and O–H groups in total. The van der Waals surface area contributed by atoms with Crippen molar-refractivity contribution in [2.75, 3.05) is 6.61 Å². The molecule has 5 aromatic carbocycles. The summed E-state index contributed by atoms with van der Waals surface area (Å²) >= 11 is 0. The molecule has 6 aromatic rings. The Balaban J connectivity index is 1.32. The zero-order chi connectivity index (χ0) is 39.7. The minimum absolute atomic E-state index is 0.0147. The number of rotatable bonds is 12. The third-order valence-electron chi connectivity index (χ3n) is 8.80. The number of esters is 4. The third-order valence-corrected chi connectivity index (χ3v) is 8.80. The van der Waals surface area contributed by atoms with Crippen molar-refractivity contribution in [3.63, 3.8) is 0 Å². The maximum absolute atomic E-state index is 13.9. The minimum Gasteiger partial charge on any atom is -0.459 e. The molecule has 0 saturated carbocycles. The van der Waals surface area contributed by atoms with E-state index in [1.165, 1.54) is 60.7 Å². The van der Waals surface area contributed by atoms with Crippen molar-refractivity contribution in [1.29, 1.82) is 0 Å². The lowest BCUT2D eigenvalue weighted by Gasteiger charge is -2.43. The molecule has 1 aliphatic rings. The van der Waals surface area contributed by atoms with E-state index in [0.717, 1.165) is 0 Å². The molecule has 0 aliphatic carbocycles. The topological polar surface area (TPSA) is 196 Å². The van der Waals surface area contributed by atoms with Crippen LogP contribution in [0.25, 0.3) is 11.4 Å². The molecule has 15 heteroatoms. The standard InChI is InChI=1S/C42H31N3O12/c46-39(27-13-5-1-6-14-27)52-25-32-33(54-40(47)28-15-7-2-8-16-28)34(55-41(48)29-17-9-3-10-18-29)35(56-42(49)30-19-11-4-12-20-30)36(53-32)38-43-37(44-57-38)26-21-23-31(24-22-26)45(50)51/h1-24,32-36H,25H2/t32-,33-,34+,35-,36-/m1/s1. The number of benzene rings is 5. The Hall–Kier alpha value is -7.52. The predicted molar refractivity (Wildman–Crippen MR) is 198 cm³/mol. The number of non-ortho nitro benzene ring substituents is 1. The van der Waals surface area contributed by atoms with Crippen LogP contribution in [-0.2, 0) is 23.7 Å². The summed E-state index contributed by atoms with van der Waals surface area (Å²) in [6, 6.07) is 37.3. The second-order valence-electron chi connectivity index (χ2n) is 12.5. The van der Waals surface area contributed by atoms with Crippen molar-refractivity contribution in [2.45, 2.75) is 30.5 Å². The fourth-order valence-corrected chi connectivity index (χ4v) is 5.97. The zero-order valence-electron chi connectivity index (χ0n) is 29.7. The van der Waals surface area contributed by atoms with Crippen LogP contribution in [0, 0.1) is 10.1 Å². The van der Waals surface area contributed by atoms with Gasteiger partial charge in [0.05, 0.1) is 27.2 Å². The molecule has 1 fully saturated rings. The van der Waals surface area contributed by atoms with Gasteiger partial charge in [0.15, 0.2) is 24.4 Å². The summed E-state index contributed by atoms with van der Waals surface area (Å²) in [6.45, 7) is -0.556. The quantitative estimate of drug-likeness (QED) is 0.0557. The van der Waals surface area contributed by atoms with Crippen LogP contribution < -0.4 is 0 Å². The molecule has 286 valence electrons. The summed E-state index contributed by atoms with van der Waals surface area (Å²) in [4.78, 5) is 69.8. The lowest BCUT2D eigenvalue weighted by molar-refractivity contribution is -0.384. The molecule has 0 bridgehead atoms. The lowest BCUT2D eigenvalue weighted by Crippen LogP contribution is -2.60. The van der Waals surface area contributed by atoms with E-state index >= 15 is 0 Å². The van der Waals surface area contributed by atoms with E-state index in [4.69, 9.17) is 28.2 Å². The van der Waals surface area contributed by atoms with Gasteiger partial charge in [-0.2, -0.15) is 4.98 Å². The van der Waals surface area contributed by atoms with Gasteiger partial charge in [0.1, 0.15) is 12.7 Å². The Morgan fingerprint density at radius 2 is 1.02 bits per heavy atom. The number of nitro groups is 1. The van der Waals surface area contributed by atoms with E-state index < -0.39 is 65.9 Å². The van der Waals surface area contributed by atoms with Crippen LogP contribution in [0.3, 0.4) is 0 Å². The highest BCUT2D eigenvalue weighted by Gasteiger charge is 2.55. The first-order valence-corrected chi connectivity index (χ1v) is 17.5. The molecule has 1 saturated heterocycles. The van der Waals surface area contributed by atoms with Crippen LogP contribution in [0.5, 0.6) is 0 Å². The van der Waals surface area contributed by atoms with Crippen LogP contribution in [0.1, 0.15) is 53.4 Å². The van der Waals surface area contributed by atoms with E-state index in [2.05, 4.69) is 10.1 Å². The fourth-order valence-electron chi connectivity index (χ4n) is 5.97. The number of carbonyl (C=O) groups is 4. The minimum atomic E-state index is -1.65. The van der Waals surface area contributed by atoms with Gasteiger partial charge in [0, 0.05) is 17.7 Å². The lowest BCUT2D eigenvalue weighted by atomic mass is 9.93. The van der Waals surface area contributed by atoms with Crippen molar-refractivity contribution in [1.82, 2.24) is 10.1 Å². The number of ether oxygens (including phenoxy) is 5. The average Bonchev–Trinajstić information content (AvgIpc) is 3.75. The van der Waals surface area contributed by atoms with E-state index in [0.29, 0.717) is 5.56 Å². The molecule has 0 unspecified atom stereocenters. The van der Waals surface area contributed by atoms with E-state index in [1.807, 2.05) is 0 Å². The molecule has 15 nitrogen and oxygen atoms in total. The van der Waals surface area contributed by atoms with Gasteiger partial charge in [-0.1, -0.05) is 78.0 Å². The fraction of sp³-hybridized carbons (Fsp3) is 0.143. The molecule has 0 radical (unpaired) electrons. The Kier molecular flexibility index (Phi) is 11.5. The molecule has 0 amide bonds. The Morgan fingerprint density at radius 1 is 0.579 bits per heavy atom. The number of hydrogen-bond acceptors (Lipinski definition) is 14. The molecule has 57 heavy (non-hydrogen) atoms. The number of carbonyl (C=O) groups excluding carboxylic acids is 4. The number of hydrogen-bond donors (Lipinski definition) is 0. The number of nitro benzene ring substituents is 1. The van der Waals surface area contributed by atoms with Crippen molar-refractivity contribution < 1.29 is 52.3 Å². The second kappa shape index (κ2) is 17.3. The van der Waals surface area contributed by atoms with Crippen LogP contribution in [0.2, 0.25) is 0 Å². The van der Waals surface area contributed by atoms with Gasteiger partial charge in [-0.25, -0.2) is 19.2 Å². The highest BCUT2D eigenvalue weighted by Crippen LogP contribution is 2.39. The van der Waals surface area contributed by atoms with E-state index in [9.17, 15) is 29.3 Å². The number of aromatic nitrogens is 2. The van der Waals surface area contributed by atoms with Gasteiger partial charge < -0.3 is 28.2 Å². The van der Waals surface area contributed by atoms with Crippen molar-refractivity contribution in [3.8, 4) is 11.4 Å². The average molecular weight is 770 g/mol. The highest BCUT2D eigenvalue weighted by atomic mass is 16.7. The molecule has 1 aliphatic heterocycles. The van der Waals surface area contributed by atoms with Gasteiger partial charge in [-0.3, -0.25) is 10.1 Å². The first-order chi connectivity index (χ1) is 27.7. The van der Waals surface area contributed by atoms with Crippen molar-refractivity contribution in [2.24, 2.45) is 0 Å². The van der Waals surface area contributed by atoms with Crippen LogP contribution in [0.15, 0.2) is 150 Å². The molecule has 7 rings (SSSR count). The first kappa shape index (κ1) is 37.8. The number of nitrogens with zero attached hydrogens (tertiary/aromatic N) is 3. The monoisotopic (exact) mass is 769 g/mol. The Labute approximate surface area is 323 Å². The second-order valence-corrected chi connectivity index (χ2v) is 12.5. The molecule has 5 atom stereocenters. The smallest absolute Gasteiger partial charge is 0.338 e. The molecule has 2 heterocycles. The molecular weight excluding hydrogens is 738 g/mol. The normalized spacial score (nSPS) is 18.8. The van der Waals surface area contributed by atoms with Crippen LogP contribution in [-0.4, -0.2) is 70.0 Å². The zero-order valence-corrected chi connectivity index (χ0v) is 29.7. The van der Waals surface area contributed by atoms with Crippen molar-refractivity contribution >= 4 is 29.6 Å². The molecular formula is C42H31N3O12. The molecule has 0 spiro atoms. The first-order valence-electron chi connectivity index (χ1n) is 17.5. The highest BCUT2D eigenvalue weighted by molar-refractivity contribution is 5.91. The predicted octanol–water partition coefficient (Wildman–Crippen LogP) is 6.62. The summed E-state index contributed by atoms with van der Waals surface area (Å²) in [5, 5.41) is 15.3. The van der Waals surface area contributed by atoms with Crippen molar-refractivity contribution in [3.05, 3.63) is 184 Å². The summed E-state index contributed by atoms with van der Waals surface area (Å²) in [6.07, 6.45) is -7.78. The Morgan fingerprint density at radius 3 is 1.49 bits per heavy atom. The Bertz CT molecular complexity index is 2340. The SMILES string of the molecule is O=C(OC[C@H]1O[C@@H](c2nc(-c3ccc([N+](=O)[O-])cc3)no2)[C@H](OC(=O)c2ccccc2)[C@@H](OC(=O)c2ccccc2)[C@@H]1OC(=O)c1ccccc1)c1ccccc1. The summed E-state index contributed by atoms with van der Waals surface area (Å²) < 4.78 is 36.0. The van der Waals surface area contributed by atoms with Gasteiger partial charge >= 0.3 is 23.9 Å². The summed E-state index contributed by atoms with van der Waals surface area (Å²) in [5.41, 5.74) is 0.756. The maximum atomic E-state index is 13.9.